The minimum atomic E-state index is -2.49. The molecule has 1 saturated carbocycles. The second kappa shape index (κ2) is 5.93. The molecule has 0 aliphatic heterocycles. The summed E-state index contributed by atoms with van der Waals surface area (Å²) in [5, 5.41) is 3.13. The van der Waals surface area contributed by atoms with Crippen LogP contribution in [0.3, 0.4) is 0 Å². The van der Waals surface area contributed by atoms with Gasteiger partial charge in [-0.15, -0.1) is 0 Å². The number of nitrogens with zero attached hydrogens (tertiary/aromatic N) is 2. The van der Waals surface area contributed by atoms with Gasteiger partial charge in [0.2, 0.25) is 5.88 Å². The molecule has 1 aliphatic carbocycles. The largest absolute Gasteiger partial charge is 0.471 e. The van der Waals surface area contributed by atoms with Gasteiger partial charge in [0, 0.05) is 18.5 Å². The first-order valence-corrected chi connectivity index (χ1v) is 6.23. The Morgan fingerprint density at radius 3 is 2.83 bits per heavy atom. The van der Waals surface area contributed by atoms with Gasteiger partial charge in [-0.05, 0) is 19.3 Å². The van der Waals surface area contributed by atoms with E-state index in [1.165, 1.54) is 0 Å². The number of rotatable bonds is 7. The molecule has 1 fully saturated rings. The Bertz CT molecular complexity index is 397. The zero-order valence-electron chi connectivity index (χ0n) is 10.3. The van der Waals surface area contributed by atoms with Crippen molar-refractivity contribution in [2.75, 3.05) is 18.5 Å². The van der Waals surface area contributed by atoms with Crippen molar-refractivity contribution in [3.05, 3.63) is 11.9 Å². The van der Waals surface area contributed by atoms with E-state index < -0.39 is 13.0 Å². The Hall–Kier alpha value is -1.46. The summed E-state index contributed by atoms with van der Waals surface area (Å²) in [4.78, 5) is 8.54. The molecule has 0 unspecified atom stereocenters. The fourth-order valence-corrected chi connectivity index (χ4v) is 1.53. The van der Waals surface area contributed by atoms with E-state index in [4.69, 9.17) is 4.74 Å². The lowest BCUT2D eigenvalue weighted by molar-refractivity contribution is 0.0794. The van der Waals surface area contributed by atoms with E-state index >= 15 is 0 Å². The van der Waals surface area contributed by atoms with Gasteiger partial charge < -0.3 is 10.1 Å². The minimum Gasteiger partial charge on any atom is -0.471 e. The van der Waals surface area contributed by atoms with Crippen LogP contribution in [0.25, 0.3) is 0 Å². The fraction of sp³-hybridized carbons (Fsp3) is 0.667. The van der Waals surface area contributed by atoms with Gasteiger partial charge in [0.15, 0.2) is 6.61 Å². The Labute approximate surface area is 105 Å². The van der Waals surface area contributed by atoms with Crippen LogP contribution in [0.15, 0.2) is 6.07 Å². The standard InChI is InChI=1S/C12H17F2N3O/c1-2-5-15-10-6-11(18-7-9(13)14)17-12(16-10)8-3-4-8/h6,8-9H,2-5,7H2,1H3,(H,15,16,17). The van der Waals surface area contributed by atoms with Gasteiger partial charge in [0.05, 0.1) is 0 Å². The molecule has 18 heavy (non-hydrogen) atoms. The summed E-state index contributed by atoms with van der Waals surface area (Å²) in [5.74, 6) is 1.94. The number of hydrogen-bond acceptors (Lipinski definition) is 4. The van der Waals surface area contributed by atoms with Crippen molar-refractivity contribution in [3.8, 4) is 5.88 Å². The van der Waals surface area contributed by atoms with Crippen molar-refractivity contribution >= 4 is 5.82 Å². The van der Waals surface area contributed by atoms with Gasteiger partial charge in [-0.3, -0.25) is 0 Å². The van der Waals surface area contributed by atoms with Crippen molar-refractivity contribution in [3.63, 3.8) is 0 Å². The van der Waals surface area contributed by atoms with Gasteiger partial charge >= 0.3 is 0 Å². The van der Waals surface area contributed by atoms with Crippen LogP contribution >= 0.6 is 0 Å². The van der Waals surface area contributed by atoms with Crippen molar-refractivity contribution in [2.24, 2.45) is 0 Å². The molecule has 0 saturated heterocycles. The van der Waals surface area contributed by atoms with E-state index in [-0.39, 0.29) is 5.88 Å². The molecule has 100 valence electrons. The third kappa shape index (κ3) is 3.78. The third-order valence-electron chi connectivity index (χ3n) is 2.58. The molecule has 0 spiro atoms. The first kappa shape index (κ1) is 13.0. The molecule has 1 aromatic heterocycles. The average molecular weight is 257 g/mol. The number of alkyl halides is 2. The van der Waals surface area contributed by atoms with Gasteiger partial charge in [0.25, 0.3) is 6.43 Å². The topological polar surface area (TPSA) is 47.0 Å². The highest BCUT2D eigenvalue weighted by Crippen LogP contribution is 2.39. The quantitative estimate of drug-likeness (QED) is 0.816. The molecule has 0 atom stereocenters. The lowest BCUT2D eigenvalue weighted by Crippen LogP contribution is -2.11. The van der Waals surface area contributed by atoms with E-state index in [0.29, 0.717) is 17.6 Å². The maximum atomic E-state index is 12.1. The van der Waals surface area contributed by atoms with Crippen LogP contribution < -0.4 is 10.1 Å². The van der Waals surface area contributed by atoms with Crippen molar-refractivity contribution in [1.82, 2.24) is 9.97 Å². The van der Waals surface area contributed by atoms with Gasteiger partial charge in [-0.2, -0.15) is 4.98 Å². The molecule has 1 N–H and O–H groups in total. The van der Waals surface area contributed by atoms with Crippen LogP contribution in [0.5, 0.6) is 5.88 Å². The Kier molecular flexibility index (Phi) is 4.28. The summed E-state index contributed by atoms with van der Waals surface area (Å²) in [7, 11) is 0. The summed E-state index contributed by atoms with van der Waals surface area (Å²) in [5.41, 5.74) is 0. The zero-order valence-corrected chi connectivity index (χ0v) is 10.3. The minimum absolute atomic E-state index is 0.228. The molecule has 0 amide bonds. The molecule has 0 bridgehead atoms. The molecule has 0 aromatic carbocycles. The van der Waals surface area contributed by atoms with E-state index in [1.807, 2.05) is 6.92 Å². The second-order valence-electron chi connectivity index (χ2n) is 4.35. The first-order chi connectivity index (χ1) is 8.69. The average Bonchev–Trinajstić information content (AvgIpc) is 3.18. The van der Waals surface area contributed by atoms with Crippen LogP contribution in [-0.4, -0.2) is 29.5 Å². The summed E-state index contributed by atoms with van der Waals surface area (Å²) in [6.07, 6.45) is 0.601. The maximum absolute atomic E-state index is 12.1. The molecular weight excluding hydrogens is 240 g/mol. The predicted octanol–water partition coefficient (Wildman–Crippen LogP) is 2.82. The Morgan fingerprint density at radius 2 is 2.22 bits per heavy atom. The molecular formula is C12H17F2N3O. The van der Waals surface area contributed by atoms with Crippen molar-refractivity contribution < 1.29 is 13.5 Å². The zero-order chi connectivity index (χ0) is 13.0. The number of nitrogens with one attached hydrogen (secondary N) is 1. The molecule has 2 rings (SSSR count). The SMILES string of the molecule is CCCNc1cc(OCC(F)F)nc(C2CC2)n1. The summed E-state index contributed by atoms with van der Waals surface area (Å²) < 4.78 is 29.2. The van der Waals surface area contributed by atoms with Crippen LogP contribution in [0.1, 0.15) is 37.9 Å². The smallest absolute Gasteiger partial charge is 0.272 e. The molecule has 0 radical (unpaired) electrons. The number of anilines is 1. The van der Waals surface area contributed by atoms with Crippen LogP contribution in [-0.2, 0) is 0 Å². The summed E-state index contributed by atoms with van der Waals surface area (Å²) >= 11 is 0. The number of ether oxygens (including phenoxy) is 1. The highest BCUT2D eigenvalue weighted by Gasteiger charge is 2.27. The Balaban J connectivity index is 2.08. The van der Waals surface area contributed by atoms with Gasteiger partial charge in [-0.1, -0.05) is 6.92 Å². The molecule has 1 heterocycles. The van der Waals surface area contributed by atoms with Crippen LogP contribution in [0.2, 0.25) is 0 Å². The number of aromatic nitrogens is 2. The number of hydrogen-bond donors (Lipinski definition) is 1. The van der Waals surface area contributed by atoms with Crippen molar-refractivity contribution in [2.45, 2.75) is 38.5 Å². The van der Waals surface area contributed by atoms with E-state index in [0.717, 1.165) is 25.8 Å². The highest BCUT2D eigenvalue weighted by molar-refractivity contribution is 5.39. The van der Waals surface area contributed by atoms with Gasteiger partial charge in [-0.25, -0.2) is 13.8 Å². The molecule has 6 heteroatoms. The van der Waals surface area contributed by atoms with E-state index in [9.17, 15) is 8.78 Å². The normalized spacial score (nSPS) is 14.9. The fourth-order valence-electron chi connectivity index (χ4n) is 1.53. The maximum Gasteiger partial charge on any atom is 0.272 e. The third-order valence-corrected chi connectivity index (χ3v) is 2.58. The van der Waals surface area contributed by atoms with Gasteiger partial charge in [0.1, 0.15) is 11.6 Å². The van der Waals surface area contributed by atoms with E-state index in [1.54, 1.807) is 6.07 Å². The molecule has 1 aliphatic rings. The summed E-state index contributed by atoms with van der Waals surface area (Å²) in [6, 6.07) is 1.57. The van der Waals surface area contributed by atoms with E-state index in [2.05, 4.69) is 15.3 Å². The highest BCUT2D eigenvalue weighted by atomic mass is 19.3. The first-order valence-electron chi connectivity index (χ1n) is 6.23. The van der Waals surface area contributed by atoms with Crippen molar-refractivity contribution in [1.29, 1.82) is 0 Å². The van der Waals surface area contributed by atoms with Crippen LogP contribution in [0, 0.1) is 0 Å². The number of halogens is 2. The predicted molar refractivity (Wildman–Crippen MR) is 64.3 cm³/mol. The monoisotopic (exact) mass is 257 g/mol. The lowest BCUT2D eigenvalue weighted by Gasteiger charge is -2.10. The Morgan fingerprint density at radius 1 is 1.44 bits per heavy atom. The summed E-state index contributed by atoms with van der Waals surface area (Å²) in [6.45, 7) is 2.20. The molecule has 4 nitrogen and oxygen atoms in total. The lowest BCUT2D eigenvalue weighted by atomic mass is 10.4. The molecule has 1 aromatic rings. The van der Waals surface area contributed by atoms with Crippen LogP contribution in [0.4, 0.5) is 14.6 Å². The second-order valence-corrected chi connectivity index (χ2v) is 4.35.